The highest BCUT2D eigenvalue weighted by Crippen LogP contribution is 2.29. The number of carbonyl (C=O) groups is 1. The van der Waals surface area contributed by atoms with E-state index in [0.717, 1.165) is 0 Å². The Morgan fingerprint density at radius 3 is 2.83 bits per heavy atom. The van der Waals surface area contributed by atoms with Crippen LogP contribution in [0, 0.1) is 5.41 Å². The normalized spacial score (nSPS) is 14.9. The van der Waals surface area contributed by atoms with Gasteiger partial charge < -0.3 is 25.6 Å². The summed E-state index contributed by atoms with van der Waals surface area (Å²) in [5.41, 5.74) is 4.66. The highest BCUT2D eigenvalue weighted by molar-refractivity contribution is 5.76. The maximum absolute atomic E-state index is 12.2. The summed E-state index contributed by atoms with van der Waals surface area (Å²) >= 11 is 0. The van der Waals surface area contributed by atoms with E-state index in [1.807, 2.05) is 0 Å². The van der Waals surface area contributed by atoms with Gasteiger partial charge in [-0.05, 0) is 27.2 Å². The van der Waals surface area contributed by atoms with E-state index < -0.39 is 23.4 Å². The minimum atomic E-state index is -1.09. The van der Waals surface area contributed by atoms with E-state index in [9.17, 15) is 9.59 Å². The fraction of sp³-hybridized carbons (Fsp3) is 0.643. The molecule has 2 heterocycles. The predicted octanol–water partition coefficient (Wildman–Crippen LogP) is -0.187. The van der Waals surface area contributed by atoms with Gasteiger partial charge in [0.1, 0.15) is 5.69 Å². The lowest BCUT2D eigenvalue weighted by molar-refractivity contribution is -0.187. The number of nitrogens with zero attached hydrogens (tertiary/aromatic N) is 2. The third-order valence-corrected chi connectivity index (χ3v) is 3.25. The molecule has 0 bridgehead atoms. The van der Waals surface area contributed by atoms with Gasteiger partial charge >= 0.3 is 5.97 Å². The number of nitrogens with two attached hydrogens (primary N) is 1. The number of aromatic amines is 1. The Labute approximate surface area is 139 Å². The van der Waals surface area contributed by atoms with Crippen LogP contribution in [0.5, 0.6) is 0 Å². The van der Waals surface area contributed by atoms with Crippen LogP contribution in [0.15, 0.2) is 4.79 Å². The summed E-state index contributed by atoms with van der Waals surface area (Å²) in [6, 6.07) is 0. The van der Waals surface area contributed by atoms with E-state index in [4.69, 9.17) is 20.3 Å². The molecule has 24 heavy (non-hydrogen) atoms. The van der Waals surface area contributed by atoms with E-state index in [2.05, 4.69) is 15.3 Å². The lowest BCUT2D eigenvalue weighted by atomic mass is 9.97. The first-order valence-electron chi connectivity index (χ1n) is 7.58. The van der Waals surface area contributed by atoms with Crippen molar-refractivity contribution in [3.05, 3.63) is 10.4 Å². The third-order valence-electron chi connectivity index (χ3n) is 3.25. The Morgan fingerprint density at radius 1 is 1.50 bits per heavy atom. The summed E-state index contributed by atoms with van der Waals surface area (Å²) in [6.45, 7) is 5.44. The molecule has 0 aliphatic carbocycles. The maximum Gasteiger partial charge on any atom is 0.314 e. The van der Waals surface area contributed by atoms with Crippen molar-refractivity contribution in [2.24, 2.45) is 5.41 Å². The van der Waals surface area contributed by atoms with Crippen molar-refractivity contribution in [2.75, 3.05) is 35.8 Å². The molecule has 0 saturated carbocycles. The zero-order chi connectivity index (χ0) is 17.9. The quantitative estimate of drug-likeness (QED) is 0.314. The number of aliphatic hydroxyl groups is 1. The second-order valence-electron chi connectivity index (χ2n) is 6.36. The molecule has 1 atom stereocenters. The average molecular weight is 341 g/mol. The minimum Gasteiger partial charge on any atom is -0.416 e. The Balaban J connectivity index is 2.26. The fourth-order valence-corrected chi connectivity index (χ4v) is 1.96. The fourth-order valence-electron chi connectivity index (χ4n) is 1.96. The van der Waals surface area contributed by atoms with Crippen LogP contribution in [0.25, 0.3) is 0 Å². The number of hydrogen-bond acceptors (Lipinski definition) is 9. The van der Waals surface area contributed by atoms with Gasteiger partial charge in [-0.25, -0.2) is 0 Å². The first-order chi connectivity index (χ1) is 11.2. The number of H-pyrrole nitrogens is 1. The molecule has 0 fully saturated rings. The largest absolute Gasteiger partial charge is 0.416 e. The number of carbonyl (C=O) groups excluding carboxylic acids is 1. The molecule has 1 aliphatic heterocycles. The molecule has 0 aromatic carbocycles. The molecule has 1 unspecified atom stereocenters. The summed E-state index contributed by atoms with van der Waals surface area (Å²) in [6.07, 6.45) is -0.714. The maximum atomic E-state index is 12.2. The Kier molecular flexibility index (Phi) is 5.30. The first-order valence-corrected chi connectivity index (χ1v) is 7.58. The number of fused-ring (bicyclic) bond motifs is 1. The van der Waals surface area contributed by atoms with Crippen molar-refractivity contribution in [1.82, 2.24) is 9.97 Å². The molecular weight excluding hydrogens is 318 g/mol. The molecule has 0 radical (unpaired) electrons. The van der Waals surface area contributed by atoms with Gasteiger partial charge in [-0.15, -0.1) is 0 Å². The van der Waals surface area contributed by atoms with E-state index in [1.54, 1.807) is 20.8 Å². The highest BCUT2D eigenvalue weighted by atomic mass is 16.7. The molecule has 10 heteroatoms. The van der Waals surface area contributed by atoms with Crippen LogP contribution in [0.3, 0.4) is 0 Å². The molecule has 1 aromatic rings. The Hall–Kier alpha value is -2.33. The van der Waals surface area contributed by atoms with Crippen molar-refractivity contribution < 1.29 is 19.4 Å². The van der Waals surface area contributed by atoms with Crippen LogP contribution in [0.4, 0.5) is 17.5 Å². The van der Waals surface area contributed by atoms with Crippen LogP contribution < -0.4 is 21.5 Å². The number of hydrogen-bond donors (Lipinski definition) is 4. The standard InChI is InChI=1S/C14H23N5O5/c1-14(2,3)11(22)24-13(23-6-4-5-20)19-7-16-8-9(19)17-12(15)18-10(8)21/h13,16,20H,4-7H2,1-3H3,(H3,15,17,18,21). The number of ether oxygens (including phenoxy) is 2. The lowest BCUT2D eigenvalue weighted by Gasteiger charge is -2.30. The number of aromatic nitrogens is 2. The zero-order valence-electron chi connectivity index (χ0n) is 14.0. The van der Waals surface area contributed by atoms with Crippen LogP contribution in [0.1, 0.15) is 27.2 Å². The van der Waals surface area contributed by atoms with E-state index in [1.165, 1.54) is 4.90 Å². The zero-order valence-corrected chi connectivity index (χ0v) is 14.0. The molecule has 0 amide bonds. The van der Waals surface area contributed by atoms with Gasteiger partial charge in [0.15, 0.2) is 5.82 Å². The number of rotatable bonds is 6. The van der Waals surface area contributed by atoms with Gasteiger partial charge in [0.25, 0.3) is 12.0 Å². The van der Waals surface area contributed by atoms with Gasteiger partial charge in [-0.1, -0.05) is 0 Å². The Bertz CT molecular complexity index is 654. The molecule has 10 nitrogen and oxygen atoms in total. The van der Waals surface area contributed by atoms with Gasteiger partial charge in [0, 0.05) is 6.61 Å². The van der Waals surface area contributed by atoms with E-state index >= 15 is 0 Å². The monoisotopic (exact) mass is 341 g/mol. The van der Waals surface area contributed by atoms with Crippen molar-refractivity contribution >= 4 is 23.4 Å². The molecule has 0 saturated heterocycles. The van der Waals surface area contributed by atoms with Crippen molar-refractivity contribution in [3.63, 3.8) is 0 Å². The van der Waals surface area contributed by atoms with Crippen molar-refractivity contribution in [2.45, 2.75) is 33.6 Å². The number of aliphatic hydroxyl groups excluding tert-OH is 1. The summed E-state index contributed by atoms with van der Waals surface area (Å²) in [5.74, 6) is -0.279. The number of nitrogen functional groups attached to an aromatic ring is 1. The summed E-state index contributed by atoms with van der Waals surface area (Å²) in [7, 11) is 0. The lowest BCUT2D eigenvalue weighted by Crippen LogP contribution is -2.43. The molecule has 5 N–H and O–H groups in total. The summed E-state index contributed by atoms with van der Waals surface area (Å²) < 4.78 is 11.0. The molecule has 1 aromatic heterocycles. The number of nitrogens with one attached hydrogen (secondary N) is 2. The summed E-state index contributed by atoms with van der Waals surface area (Å²) in [5, 5.41) is 11.8. The molecular formula is C14H23N5O5. The molecule has 0 spiro atoms. The van der Waals surface area contributed by atoms with Gasteiger partial charge in [0.2, 0.25) is 5.95 Å². The van der Waals surface area contributed by atoms with Gasteiger partial charge in [-0.2, -0.15) is 4.98 Å². The van der Waals surface area contributed by atoms with Crippen LogP contribution >= 0.6 is 0 Å². The van der Waals surface area contributed by atoms with Crippen molar-refractivity contribution in [3.8, 4) is 0 Å². The highest BCUT2D eigenvalue weighted by Gasteiger charge is 2.35. The topological polar surface area (TPSA) is 143 Å². The predicted molar refractivity (Wildman–Crippen MR) is 87.2 cm³/mol. The average Bonchev–Trinajstić information content (AvgIpc) is 2.89. The number of anilines is 3. The Morgan fingerprint density at radius 2 is 2.21 bits per heavy atom. The minimum absolute atomic E-state index is 0.0521. The SMILES string of the molecule is CC(C)(C)C(=O)OC(OCCCO)N1CNc2c1nc(N)[nH]c2=O. The van der Waals surface area contributed by atoms with Crippen molar-refractivity contribution in [1.29, 1.82) is 0 Å². The molecule has 1 aliphatic rings. The van der Waals surface area contributed by atoms with Gasteiger partial charge in [0.05, 0.1) is 18.7 Å². The summed E-state index contributed by atoms with van der Waals surface area (Å²) in [4.78, 5) is 32.0. The van der Waals surface area contributed by atoms with Crippen LogP contribution in [-0.2, 0) is 14.3 Å². The molecule has 134 valence electrons. The second kappa shape index (κ2) is 7.05. The van der Waals surface area contributed by atoms with Crippen LogP contribution in [-0.4, -0.2) is 47.3 Å². The van der Waals surface area contributed by atoms with E-state index in [-0.39, 0.29) is 37.3 Å². The number of esters is 1. The second-order valence-corrected chi connectivity index (χ2v) is 6.36. The smallest absolute Gasteiger partial charge is 0.314 e. The first kappa shape index (κ1) is 18.0. The third kappa shape index (κ3) is 3.95. The van der Waals surface area contributed by atoms with E-state index in [0.29, 0.717) is 6.42 Å². The van der Waals surface area contributed by atoms with Gasteiger partial charge in [-0.3, -0.25) is 19.5 Å². The van der Waals surface area contributed by atoms with Crippen LogP contribution in [0.2, 0.25) is 0 Å². The molecule has 2 rings (SSSR count).